The van der Waals surface area contributed by atoms with Crippen molar-refractivity contribution < 1.29 is 23.1 Å². The molecule has 1 aromatic carbocycles. The standard InChI is InChI=1S/C11H8ClF3O2/c12-8-6(13)2-1-5(7(8)9(16)17)11(3-4-11)10(14)15/h1-2,10H,3-4H2,(H,16,17). The van der Waals surface area contributed by atoms with Crippen molar-refractivity contribution in [2.75, 3.05) is 0 Å². The van der Waals surface area contributed by atoms with Gasteiger partial charge in [0.05, 0.1) is 16.0 Å². The quantitative estimate of drug-likeness (QED) is 0.908. The molecule has 1 aliphatic rings. The molecule has 0 atom stereocenters. The molecule has 0 unspecified atom stereocenters. The molecule has 2 rings (SSSR count). The smallest absolute Gasteiger partial charge is 0.337 e. The maximum Gasteiger partial charge on any atom is 0.337 e. The van der Waals surface area contributed by atoms with Crippen LogP contribution in [0.3, 0.4) is 0 Å². The molecule has 0 radical (unpaired) electrons. The third kappa shape index (κ3) is 1.78. The summed E-state index contributed by atoms with van der Waals surface area (Å²) in [6.45, 7) is 0. The molecule has 0 amide bonds. The minimum absolute atomic E-state index is 0.0774. The SMILES string of the molecule is O=C(O)c1c(C2(C(F)F)CC2)ccc(F)c1Cl. The number of carboxylic acids is 1. The zero-order chi connectivity index (χ0) is 12.8. The highest BCUT2D eigenvalue weighted by molar-refractivity contribution is 6.33. The van der Waals surface area contributed by atoms with Gasteiger partial charge >= 0.3 is 5.97 Å². The molecule has 0 bridgehead atoms. The Morgan fingerprint density at radius 1 is 1.41 bits per heavy atom. The van der Waals surface area contributed by atoms with Crippen LogP contribution in [0.15, 0.2) is 12.1 Å². The van der Waals surface area contributed by atoms with Gasteiger partial charge in [-0.15, -0.1) is 0 Å². The Bertz CT molecular complexity index is 484. The summed E-state index contributed by atoms with van der Waals surface area (Å²) in [6, 6.07) is 2.01. The fourth-order valence-electron chi connectivity index (χ4n) is 1.91. The van der Waals surface area contributed by atoms with E-state index in [0.717, 1.165) is 12.1 Å². The summed E-state index contributed by atoms with van der Waals surface area (Å²) in [5.41, 5.74) is -2.10. The first-order valence-corrected chi connectivity index (χ1v) is 5.28. The van der Waals surface area contributed by atoms with Gasteiger partial charge in [0.15, 0.2) is 0 Å². The van der Waals surface area contributed by atoms with Crippen molar-refractivity contribution in [1.29, 1.82) is 0 Å². The molecule has 2 nitrogen and oxygen atoms in total. The van der Waals surface area contributed by atoms with Crippen molar-refractivity contribution >= 4 is 17.6 Å². The van der Waals surface area contributed by atoms with Gasteiger partial charge in [0.1, 0.15) is 5.82 Å². The summed E-state index contributed by atoms with van der Waals surface area (Å²) in [6.07, 6.45) is -2.30. The number of halogens is 4. The van der Waals surface area contributed by atoms with E-state index >= 15 is 0 Å². The second-order valence-corrected chi connectivity index (χ2v) is 4.42. The van der Waals surface area contributed by atoms with Gasteiger partial charge in [-0.05, 0) is 24.5 Å². The van der Waals surface area contributed by atoms with Crippen LogP contribution in [0.2, 0.25) is 5.02 Å². The molecule has 0 aromatic heterocycles. The van der Waals surface area contributed by atoms with Crippen molar-refractivity contribution in [2.45, 2.75) is 24.7 Å². The monoisotopic (exact) mass is 264 g/mol. The van der Waals surface area contributed by atoms with Crippen LogP contribution in [0.5, 0.6) is 0 Å². The fraction of sp³-hybridized carbons (Fsp3) is 0.364. The minimum atomic E-state index is -2.68. The molecule has 6 heteroatoms. The summed E-state index contributed by atoms with van der Waals surface area (Å²) in [5, 5.41) is 8.34. The van der Waals surface area contributed by atoms with Crippen LogP contribution in [0.1, 0.15) is 28.8 Å². The van der Waals surface area contributed by atoms with Crippen LogP contribution in [-0.4, -0.2) is 17.5 Å². The molecule has 1 aliphatic carbocycles. The number of carboxylic acid groups (broad SMARTS) is 1. The molecule has 0 aliphatic heterocycles. The molecule has 1 fully saturated rings. The van der Waals surface area contributed by atoms with Gasteiger partial charge in [-0.3, -0.25) is 0 Å². The molecule has 0 saturated heterocycles. The van der Waals surface area contributed by atoms with Gasteiger partial charge in [0.25, 0.3) is 0 Å². The van der Waals surface area contributed by atoms with Crippen LogP contribution >= 0.6 is 11.6 Å². The van der Waals surface area contributed by atoms with Crippen molar-refractivity contribution in [2.24, 2.45) is 0 Å². The zero-order valence-corrected chi connectivity index (χ0v) is 9.27. The molecular formula is C11H8ClF3O2. The van der Waals surface area contributed by atoms with Crippen LogP contribution in [0.25, 0.3) is 0 Å². The predicted molar refractivity (Wildman–Crippen MR) is 55.3 cm³/mol. The second kappa shape index (κ2) is 3.91. The molecule has 92 valence electrons. The van der Waals surface area contributed by atoms with E-state index in [1.165, 1.54) is 0 Å². The Kier molecular flexibility index (Phi) is 2.81. The Labute approximate surface area is 100 Å². The van der Waals surface area contributed by atoms with Gasteiger partial charge in [-0.1, -0.05) is 17.7 Å². The van der Waals surface area contributed by atoms with Crippen LogP contribution in [0.4, 0.5) is 13.2 Å². The average Bonchev–Trinajstić information content (AvgIpc) is 3.02. The molecule has 17 heavy (non-hydrogen) atoms. The van der Waals surface area contributed by atoms with Crippen LogP contribution in [-0.2, 0) is 5.41 Å². The first-order valence-electron chi connectivity index (χ1n) is 4.90. The largest absolute Gasteiger partial charge is 0.478 e. The lowest BCUT2D eigenvalue weighted by Crippen LogP contribution is -2.21. The molecule has 0 spiro atoms. The van der Waals surface area contributed by atoms with E-state index < -0.39 is 34.2 Å². The number of aromatic carboxylic acids is 1. The highest BCUT2D eigenvalue weighted by Crippen LogP contribution is 2.54. The Morgan fingerprint density at radius 2 is 2.00 bits per heavy atom. The normalized spacial score (nSPS) is 17.2. The van der Waals surface area contributed by atoms with E-state index in [4.69, 9.17) is 16.7 Å². The number of hydrogen-bond acceptors (Lipinski definition) is 1. The van der Waals surface area contributed by atoms with Crippen molar-refractivity contribution in [3.8, 4) is 0 Å². The summed E-state index contributed by atoms with van der Waals surface area (Å²) in [7, 11) is 0. The van der Waals surface area contributed by atoms with Gasteiger partial charge in [-0.2, -0.15) is 0 Å². The topological polar surface area (TPSA) is 37.3 Å². The Morgan fingerprint density at radius 3 is 2.41 bits per heavy atom. The molecule has 0 heterocycles. The van der Waals surface area contributed by atoms with E-state index in [9.17, 15) is 18.0 Å². The Hall–Kier alpha value is -1.23. The molecule has 1 N–H and O–H groups in total. The van der Waals surface area contributed by atoms with Gasteiger partial charge in [0, 0.05) is 0 Å². The number of hydrogen-bond donors (Lipinski definition) is 1. The third-order valence-corrected chi connectivity index (χ3v) is 3.42. The number of carbonyl (C=O) groups is 1. The van der Waals surface area contributed by atoms with E-state index in [-0.39, 0.29) is 18.4 Å². The lowest BCUT2D eigenvalue weighted by atomic mass is 9.91. The van der Waals surface area contributed by atoms with Gasteiger partial charge in [0.2, 0.25) is 6.43 Å². The van der Waals surface area contributed by atoms with Crippen LogP contribution < -0.4 is 0 Å². The summed E-state index contributed by atoms with van der Waals surface area (Å²) in [5.74, 6) is -2.41. The van der Waals surface area contributed by atoms with Crippen molar-refractivity contribution in [3.63, 3.8) is 0 Å². The number of alkyl halides is 2. The minimum Gasteiger partial charge on any atom is -0.478 e. The van der Waals surface area contributed by atoms with Gasteiger partial charge in [-0.25, -0.2) is 18.0 Å². The second-order valence-electron chi connectivity index (χ2n) is 4.05. The fourth-order valence-corrected chi connectivity index (χ4v) is 2.16. The van der Waals surface area contributed by atoms with Crippen molar-refractivity contribution in [3.05, 3.63) is 34.1 Å². The Balaban J connectivity index is 2.63. The predicted octanol–water partition coefficient (Wildman–Crippen LogP) is 3.47. The van der Waals surface area contributed by atoms with Crippen molar-refractivity contribution in [1.82, 2.24) is 0 Å². The molecule has 1 aromatic rings. The molecular weight excluding hydrogens is 257 g/mol. The van der Waals surface area contributed by atoms with E-state index in [2.05, 4.69) is 0 Å². The molecule has 1 saturated carbocycles. The van der Waals surface area contributed by atoms with E-state index in [1.54, 1.807) is 0 Å². The highest BCUT2D eigenvalue weighted by Gasteiger charge is 2.54. The first-order chi connectivity index (χ1) is 7.90. The lowest BCUT2D eigenvalue weighted by Gasteiger charge is -2.18. The third-order valence-electron chi connectivity index (χ3n) is 3.05. The lowest BCUT2D eigenvalue weighted by molar-refractivity contribution is 0.0687. The van der Waals surface area contributed by atoms with Gasteiger partial charge < -0.3 is 5.11 Å². The maximum absolute atomic E-state index is 13.1. The van der Waals surface area contributed by atoms with E-state index in [0.29, 0.717) is 0 Å². The first kappa shape index (κ1) is 12.2. The zero-order valence-electron chi connectivity index (χ0n) is 8.51. The number of rotatable bonds is 3. The maximum atomic E-state index is 13.1. The summed E-state index contributed by atoms with van der Waals surface area (Å²) >= 11 is 5.53. The highest BCUT2D eigenvalue weighted by atomic mass is 35.5. The van der Waals surface area contributed by atoms with Crippen LogP contribution in [0, 0.1) is 5.82 Å². The summed E-state index contributed by atoms with van der Waals surface area (Å²) < 4.78 is 39.0. The average molecular weight is 265 g/mol. The number of benzene rings is 1. The summed E-state index contributed by atoms with van der Waals surface area (Å²) in [4.78, 5) is 11.0. The van der Waals surface area contributed by atoms with E-state index in [1.807, 2.05) is 0 Å².